The monoisotopic (exact) mass is 543 g/mol. The molecular weight excluding hydrogens is 509 g/mol. The number of carboxylic acids is 1. The summed E-state index contributed by atoms with van der Waals surface area (Å²) in [4.78, 5) is 27.0. The fourth-order valence-corrected chi connectivity index (χ4v) is 6.17. The molecular formula is C29H35Cl2N3O3. The Morgan fingerprint density at radius 2 is 1.81 bits per heavy atom. The Bertz CT molecular complexity index is 1170. The molecule has 5 atom stereocenters. The maximum atomic E-state index is 13.0. The lowest BCUT2D eigenvalue weighted by molar-refractivity contribution is -0.143. The molecule has 1 unspecified atom stereocenters. The first-order chi connectivity index (χ1) is 17.4. The largest absolute Gasteiger partial charge is 0.480 e. The first-order valence-corrected chi connectivity index (χ1v) is 13.3. The number of benzene rings is 2. The molecule has 2 aromatic carbocycles. The lowest BCUT2D eigenvalue weighted by Gasteiger charge is -2.39. The Kier molecular flexibility index (Phi) is 8.95. The number of carbonyl (C=O) groups is 2. The van der Waals surface area contributed by atoms with Crippen LogP contribution in [0.5, 0.6) is 0 Å². The lowest BCUT2D eigenvalue weighted by Crippen LogP contribution is -2.47. The molecule has 1 aliphatic heterocycles. The van der Waals surface area contributed by atoms with Crippen LogP contribution in [0.15, 0.2) is 48.5 Å². The summed E-state index contributed by atoms with van der Waals surface area (Å²) in [5.74, 6) is -2.54. The minimum absolute atomic E-state index is 0.225. The van der Waals surface area contributed by atoms with Crippen LogP contribution in [0.4, 0.5) is 0 Å². The van der Waals surface area contributed by atoms with Crippen molar-refractivity contribution in [3.8, 4) is 6.07 Å². The molecule has 37 heavy (non-hydrogen) atoms. The van der Waals surface area contributed by atoms with Crippen LogP contribution in [-0.4, -0.2) is 40.5 Å². The summed E-state index contributed by atoms with van der Waals surface area (Å²) >= 11 is 12.6. The van der Waals surface area contributed by atoms with Crippen LogP contribution in [0.25, 0.3) is 0 Å². The van der Waals surface area contributed by atoms with E-state index in [1.807, 2.05) is 30.0 Å². The maximum absolute atomic E-state index is 13.0. The van der Waals surface area contributed by atoms with Gasteiger partial charge in [0.1, 0.15) is 11.5 Å². The third-order valence-electron chi connectivity index (χ3n) is 7.49. The zero-order chi connectivity index (χ0) is 27.5. The van der Waals surface area contributed by atoms with Gasteiger partial charge in [0.05, 0.1) is 6.07 Å². The lowest BCUT2D eigenvalue weighted by atomic mass is 9.63. The summed E-state index contributed by atoms with van der Waals surface area (Å²) in [6.45, 7) is 8.44. The smallest absolute Gasteiger partial charge is 0.321 e. The van der Waals surface area contributed by atoms with Gasteiger partial charge in [0, 0.05) is 34.5 Å². The zero-order valence-electron chi connectivity index (χ0n) is 21.7. The molecule has 3 rings (SSSR count). The van der Waals surface area contributed by atoms with Crippen molar-refractivity contribution in [2.75, 3.05) is 6.54 Å². The molecule has 1 fully saturated rings. The number of hydrogen-bond donors (Lipinski definition) is 2. The normalized spacial score (nSPS) is 24.9. The number of carboxylic acid groups (broad SMARTS) is 1. The molecule has 0 aromatic heterocycles. The van der Waals surface area contributed by atoms with Crippen molar-refractivity contribution in [1.29, 1.82) is 5.26 Å². The third kappa shape index (κ3) is 5.95. The second-order valence-electron chi connectivity index (χ2n) is 11.1. The second-order valence-corrected chi connectivity index (χ2v) is 12.0. The van der Waals surface area contributed by atoms with Crippen LogP contribution in [0, 0.1) is 22.7 Å². The number of aliphatic carboxylic acids is 1. The Hall–Kier alpha value is -2.59. The number of rotatable bonds is 9. The Labute approximate surface area is 229 Å². The van der Waals surface area contributed by atoms with E-state index in [0.29, 0.717) is 47.0 Å². The van der Waals surface area contributed by atoms with Crippen molar-refractivity contribution < 1.29 is 14.7 Å². The van der Waals surface area contributed by atoms with Crippen LogP contribution in [0.2, 0.25) is 10.0 Å². The van der Waals surface area contributed by atoms with E-state index in [1.165, 1.54) is 0 Å². The van der Waals surface area contributed by atoms with E-state index in [4.69, 9.17) is 28.9 Å². The number of primary amides is 1. The van der Waals surface area contributed by atoms with E-state index in [1.54, 1.807) is 30.3 Å². The van der Waals surface area contributed by atoms with Gasteiger partial charge in [0.25, 0.3) is 0 Å². The molecule has 1 amide bonds. The van der Waals surface area contributed by atoms with Crippen molar-refractivity contribution in [3.05, 3.63) is 69.7 Å². The predicted molar refractivity (Wildman–Crippen MR) is 147 cm³/mol. The van der Waals surface area contributed by atoms with Crippen molar-refractivity contribution in [2.45, 2.75) is 70.4 Å². The average Bonchev–Trinajstić information content (AvgIpc) is 3.09. The molecule has 1 saturated heterocycles. The van der Waals surface area contributed by atoms with Gasteiger partial charge >= 0.3 is 5.97 Å². The van der Waals surface area contributed by atoms with Crippen LogP contribution in [0.1, 0.15) is 64.0 Å². The molecule has 2 aromatic rings. The van der Waals surface area contributed by atoms with E-state index in [-0.39, 0.29) is 11.3 Å². The molecule has 0 radical (unpaired) electrons. The summed E-state index contributed by atoms with van der Waals surface area (Å²) in [7, 11) is 0. The van der Waals surface area contributed by atoms with Gasteiger partial charge in [-0.3, -0.25) is 14.5 Å². The van der Waals surface area contributed by atoms with Gasteiger partial charge in [0.15, 0.2) is 0 Å². The number of hydrogen-bond acceptors (Lipinski definition) is 4. The molecule has 8 heteroatoms. The van der Waals surface area contributed by atoms with E-state index in [9.17, 15) is 20.0 Å². The number of nitrogens with zero attached hydrogens (tertiary/aromatic N) is 2. The van der Waals surface area contributed by atoms with Gasteiger partial charge in [-0.15, -0.1) is 0 Å². The SMILES string of the molecule is CCC(CCN1[C@@H](CC(C)(C)C)[C@](C#N)(c2ccc(Cl)cc2)[C@@H](c2cccc(Cl)c2)[C@@H]1C(=O)O)C(N)=O. The molecule has 0 spiro atoms. The molecule has 1 heterocycles. The molecule has 0 bridgehead atoms. The highest BCUT2D eigenvalue weighted by atomic mass is 35.5. The summed E-state index contributed by atoms with van der Waals surface area (Å²) in [6, 6.07) is 15.3. The van der Waals surface area contributed by atoms with Gasteiger partial charge in [-0.2, -0.15) is 5.26 Å². The number of halogens is 2. The van der Waals surface area contributed by atoms with Crippen molar-refractivity contribution >= 4 is 35.1 Å². The zero-order valence-corrected chi connectivity index (χ0v) is 23.3. The highest BCUT2D eigenvalue weighted by Gasteiger charge is 2.63. The Morgan fingerprint density at radius 1 is 1.16 bits per heavy atom. The summed E-state index contributed by atoms with van der Waals surface area (Å²) in [6.07, 6.45) is 1.52. The molecule has 6 nitrogen and oxygen atoms in total. The van der Waals surface area contributed by atoms with E-state index < -0.39 is 35.3 Å². The van der Waals surface area contributed by atoms with E-state index in [0.717, 1.165) is 0 Å². The summed E-state index contributed by atoms with van der Waals surface area (Å²) < 4.78 is 0. The molecule has 1 aliphatic rings. The molecule has 3 N–H and O–H groups in total. The van der Waals surface area contributed by atoms with Crippen molar-refractivity contribution in [1.82, 2.24) is 4.90 Å². The molecule has 0 aliphatic carbocycles. The molecule has 0 saturated carbocycles. The van der Waals surface area contributed by atoms with Gasteiger partial charge in [0.2, 0.25) is 5.91 Å². The van der Waals surface area contributed by atoms with Crippen LogP contribution >= 0.6 is 23.2 Å². The van der Waals surface area contributed by atoms with Crippen LogP contribution < -0.4 is 5.73 Å². The number of nitriles is 1. The minimum atomic E-state index is -1.22. The van der Waals surface area contributed by atoms with Gasteiger partial charge in [-0.05, 0) is 60.1 Å². The number of nitrogens with two attached hydrogens (primary N) is 1. The number of amides is 1. The summed E-state index contributed by atoms with van der Waals surface area (Å²) in [5.41, 5.74) is 5.57. The van der Waals surface area contributed by atoms with E-state index in [2.05, 4.69) is 26.8 Å². The fourth-order valence-electron chi connectivity index (χ4n) is 5.84. The Morgan fingerprint density at radius 3 is 2.30 bits per heavy atom. The quantitative estimate of drug-likeness (QED) is 0.402. The topological polar surface area (TPSA) is 107 Å². The van der Waals surface area contributed by atoms with Crippen LogP contribution in [0.3, 0.4) is 0 Å². The minimum Gasteiger partial charge on any atom is -0.480 e. The fraction of sp³-hybridized carbons (Fsp3) is 0.483. The first kappa shape index (κ1) is 29.0. The first-order valence-electron chi connectivity index (χ1n) is 12.6. The predicted octanol–water partition coefficient (Wildman–Crippen LogP) is 6.01. The highest BCUT2D eigenvalue weighted by Crippen LogP contribution is 2.55. The average molecular weight is 545 g/mol. The van der Waals surface area contributed by atoms with Gasteiger partial charge in [-0.1, -0.05) is 75.2 Å². The molecule has 198 valence electrons. The van der Waals surface area contributed by atoms with Gasteiger partial charge in [-0.25, -0.2) is 0 Å². The van der Waals surface area contributed by atoms with E-state index >= 15 is 0 Å². The standard InChI is InChI=1S/C29H35Cl2N3O3/c1-5-18(26(33)35)13-14-34-23(16-28(2,3)4)29(17-32,20-9-11-21(30)12-10-20)24(25(34)27(36)37)19-7-6-8-22(31)15-19/h6-12,15,18,23-25H,5,13-14,16H2,1-4H3,(H2,33,35)(H,36,37)/t18?,23-,24-,25+,29-/m0/s1. The van der Waals surface area contributed by atoms with Crippen molar-refractivity contribution in [2.24, 2.45) is 17.1 Å². The number of carbonyl (C=O) groups excluding carboxylic acids is 1. The number of likely N-dealkylation sites (tertiary alicyclic amines) is 1. The maximum Gasteiger partial charge on any atom is 0.321 e. The highest BCUT2D eigenvalue weighted by molar-refractivity contribution is 6.30. The third-order valence-corrected chi connectivity index (χ3v) is 7.98. The van der Waals surface area contributed by atoms with Gasteiger partial charge < -0.3 is 10.8 Å². The Balaban J connectivity index is 2.33. The second kappa shape index (κ2) is 11.4. The van der Waals surface area contributed by atoms with Crippen molar-refractivity contribution in [3.63, 3.8) is 0 Å². The summed E-state index contributed by atoms with van der Waals surface area (Å²) in [5, 5.41) is 22.7. The van der Waals surface area contributed by atoms with Crippen LogP contribution in [-0.2, 0) is 15.0 Å².